The number of halogens is 2. The van der Waals surface area contributed by atoms with Crippen molar-refractivity contribution < 1.29 is 38.1 Å². The van der Waals surface area contributed by atoms with Gasteiger partial charge in [0.05, 0.1) is 24.2 Å². The predicted octanol–water partition coefficient (Wildman–Crippen LogP) is 1.56. The van der Waals surface area contributed by atoms with Crippen molar-refractivity contribution in [3.05, 3.63) is 40.5 Å². The average molecular weight is 530 g/mol. The van der Waals surface area contributed by atoms with Crippen LogP contribution in [0.3, 0.4) is 0 Å². The Balaban J connectivity index is 1.93. The Labute approximate surface area is 210 Å². The van der Waals surface area contributed by atoms with Gasteiger partial charge in [-0.25, -0.2) is 13.6 Å². The summed E-state index contributed by atoms with van der Waals surface area (Å²) >= 11 is 0.653. The quantitative estimate of drug-likeness (QED) is 0.242. The summed E-state index contributed by atoms with van der Waals surface area (Å²) in [5.41, 5.74) is 5.08. The third-order valence-electron chi connectivity index (χ3n) is 4.69. The third-order valence-corrected chi connectivity index (χ3v) is 5.43. The Morgan fingerprint density at radius 1 is 1.17 bits per heavy atom. The maximum absolute atomic E-state index is 14.0. The van der Waals surface area contributed by atoms with Crippen molar-refractivity contribution in [1.82, 2.24) is 15.0 Å². The molecule has 14 heteroatoms. The number of anilines is 1. The molecule has 0 aliphatic heterocycles. The molecule has 0 fully saturated rings. The third kappa shape index (κ3) is 8.70. The van der Waals surface area contributed by atoms with Crippen molar-refractivity contribution in [2.75, 3.05) is 11.9 Å². The molecule has 36 heavy (non-hydrogen) atoms. The Morgan fingerprint density at radius 3 is 2.39 bits per heavy atom. The molecule has 0 aliphatic carbocycles. The van der Waals surface area contributed by atoms with E-state index in [2.05, 4.69) is 20.3 Å². The maximum Gasteiger partial charge on any atom is 0.320 e. The first kappa shape index (κ1) is 28.9. The summed E-state index contributed by atoms with van der Waals surface area (Å²) < 4.78 is 37.3. The number of nitrogens with two attached hydrogens (primary N) is 1. The van der Waals surface area contributed by atoms with Crippen LogP contribution in [0.2, 0.25) is 0 Å². The first-order valence-corrected chi connectivity index (χ1v) is 11.7. The van der Waals surface area contributed by atoms with E-state index < -0.39 is 42.4 Å². The minimum absolute atomic E-state index is 0.0836. The number of urea groups is 1. The van der Waals surface area contributed by atoms with Gasteiger partial charge < -0.3 is 31.3 Å². The Bertz CT molecular complexity index is 1070. The normalized spacial score (nSPS) is 12.7. The van der Waals surface area contributed by atoms with Crippen LogP contribution in [-0.2, 0) is 11.4 Å². The van der Waals surface area contributed by atoms with E-state index in [-0.39, 0.29) is 53.3 Å². The summed E-state index contributed by atoms with van der Waals surface area (Å²) in [6.45, 7) is 4.23. The molecule has 2 aromatic rings. The number of hydrogen-bond acceptors (Lipinski definition) is 8. The highest BCUT2D eigenvalue weighted by atomic mass is 32.1. The van der Waals surface area contributed by atoms with Crippen LogP contribution in [0.4, 0.5) is 18.6 Å². The lowest BCUT2D eigenvalue weighted by Gasteiger charge is -2.17. The molecule has 1 aromatic carbocycles. The van der Waals surface area contributed by atoms with Crippen molar-refractivity contribution in [1.29, 1.82) is 0 Å². The van der Waals surface area contributed by atoms with Crippen LogP contribution in [0.25, 0.3) is 0 Å². The van der Waals surface area contributed by atoms with E-state index in [0.717, 1.165) is 12.1 Å². The number of primary amides is 1. The first-order chi connectivity index (χ1) is 16.9. The van der Waals surface area contributed by atoms with Gasteiger partial charge in [-0.05, 0) is 50.0 Å². The summed E-state index contributed by atoms with van der Waals surface area (Å²) in [5.74, 6) is -3.34. The number of rotatable bonds is 12. The highest BCUT2D eigenvalue weighted by molar-refractivity contribution is 7.11. The average Bonchev–Trinajstić information content (AvgIpc) is 3.13. The van der Waals surface area contributed by atoms with Crippen LogP contribution in [0.1, 0.15) is 48.2 Å². The van der Waals surface area contributed by atoms with E-state index >= 15 is 0 Å². The van der Waals surface area contributed by atoms with E-state index in [4.69, 9.17) is 10.5 Å². The number of carbonyl (C=O) groups is 3. The molecule has 0 saturated heterocycles. The van der Waals surface area contributed by atoms with Gasteiger partial charge in [-0.3, -0.25) is 14.9 Å². The monoisotopic (exact) mass is 529 g/mol. The number of aryl methyl sites for hydroxylation is 1. The number of aromatic nitrogens is 1. The zero-order chi connectivity index (χ0) is 27.0. The molecule has 0 saturated carbocycles. The molecule has 2 unspecified atom stereocenters. The molecule has 2 atom stereocenters. The van der Waals surface area contributed by atoms with Gasteiger partial charge in [-0.2, -0.15) is 4.37 Å². The highest BCUT2D eigenvalue weighted by Gasteiger charge is 2.23. The van der Waals surface area contributed by atoms with Gasteiger partial charge in [-0.1, -0.05) is 0 Å². The summed E-state index contributed by atoms with van der Waals surface area (Å²) in [4.78, 5) is 35.8. The number of ether oxygens (including phenoxy) is 1. The second kappa shape index (κ2) is 13.1. The zero-order valence-electron chi connectivity index (χ0n) is 19.9. The number of nitrogens with one attached hydrogen (secondary N) is 3. The fourth-order valence-electron chi connectivity index (χ4n) is 3.12. The molecule has 0 bridgehead atoms. The van der Waals surface area contributed by atoms with Crippen LogP contribution in [0.5, 0.6) is 5.88 Å². The predicted molar refractivity (Wildman–Crippen MR) is 128 cm³/mol. The Kier molecular flexibility index (Phi) is 10.5. The van der Waals surface area contributed by atoms with Crippen molar-refractivity contribution in [2.45, 2.75) is 58.5 Å². The van der Waals surface area contributed by atoms with Crippen LogP contribution in [0.15, 0.2) is 12.1 Å². The van der Waals surface area contributed by atoms with E-state index in [0.29, 0.717) is 17.1 Å². The Morgan fingerprint density at radius 2 is 1.81 bits per heavy atom. The summed E-state index contributed by atoms with van der Waals surface area (Å²) in [6.07, 6.45) is -2.64. The van der Waals surface area contributed by atoms with E-state index in [1.165, 1.54) is 6.92 Å². The van der Waals surface area contributed by atoms with Crippen LogP contribution >= 0.6 is 11.5 Å². The van der Waals surface area contributed by atoms with Crippen LogP contribution in [-0.4, -0.2) is 57.2 Å². The lowest BCUT2D eigenvalue weighted by molar-refractivity contribution is -0.123. The number of carbonyl (C=O) groups excluding carboxylic acids is 3. The van der Waals surface area contributed by atoms with Crippen LogP contribution in [0, 0.1) is 18.6 Å². The molecule has 0 aliphatic rings. The van der Waals surface area contributed by atoms with Gasteiger partial charge >= 0.3 is 6.03 Å². The number of amides is 4. The standard InChI is InChI=1S/C22H29F2N5O6S/c1-10(2)27-17(32)7-12(30)6-13(31)8-26-22(34)28-21-18(19(25)33)20(29-36-21)35-9-14-15(23)4-11(3)5-16(14)24/h4-5,10,12-13,30-31H,6-9H2,1-3H3,(H2,25,33)(H,27,32)(H2,26,28,34). The van der Waals surface area contributed by atoms with Crippen molar-refractivity contribution in [3.8, 4) is 5.88 Å². The second-order valence-electron chi connectivity index (χ2n) is 8.36. The van der Waals surface area contributed by atoms with E-state index in [9.17, 15) is 33.4 Å². The van der Waals surface area contributed by atoms with Crippen molar-refractivity contribution >= 4 is 34.4 Å². The van der Waals surface area contributed by atoms with Crippen molar-refractivity contribution in [2.24, 2.45) is 5.73 Å². The van der Waals surface area contributed by atoms with Gasteiger partial charge in [0, 0.05) is 19.0 Å². The lowest BCUT2D eigenvalue weighted by Crippen LogP contribution is -2.38. The maximum atomic E-state index is 14.0. The fraction of sp³-hybridized carbons (Fsp3) is 0.455. The highest BCUT2D eigenvalue weighted by Crippen LogP contribution is 2.31. The molecule has 7 N–H and O–H groups in total. The molecule has 4 amide bonds. The number of hydrogen-bond donors (Lipinski definition) is 6. The summed E-state index contributed by atoms with van der Waals surface area (Å²) in [5, 5.41) is 27.2. The van der Waals surface area contributed by atoms with Crippen molar-refractivity contribution in [3.63, 3.8) is 0 Å². The van der Waals surface area contributed by atoms with E-state index in [1.807, 2.05) is 0 Å². The van der Waals surface area contributed by atoms with Crippen LogP contribution < -0.4 is 26.4 Å². The molecular weight excluding hydrogens is 500 g/mol. The number of benzene rings is 1. The summed E-state index contributed by atoms with van der Waals surface area (Å²) in [6, 6.07) is 1.34. The Hall–Kier alpha value is -3.36. The molecular formula is C22H29F2N5O6S. The minimum atomic E-state index is -1.16. The second-order valence-corrected chi connectivity index (χ2v) is 9.13. The molecule has 0 spiro atoms. The molecule has 2 rings (SSSR count). The molecule has 1 aromatic heterocycles. The lowest BCUT2D eigenvalue weighted by atomic mass is 10.1. The number of aliphatic hydroxyl groups is 2. The van der Waals surface area contributed by atoms with E-state index in [1.54, 1.807) is 13.8 Å². The number of aliphatic hydroxyl groups excluding tert-OH is 2. The van der Waals surface area contributed by atoms with Gasteiger partial charge in [0.2, 0.25) is 11.8 Å². The smallest absolute Gasteiger partial charge is 0.320 e. The topological polar surface area (TPSA) is 176 Å². The van der Waals surface area contributed by atoms with Gasteiger partial charge in [0.25, 0.3) is 5.91 Å². The largest absolute Gasteiger partial charge is 0.471 e. The minimum Gasteiger partial charge on any atom is -0.471 e. The van der Waals surface area contributed by atoms with Gasteiger partial charge in [0.15, 0.2) is 0 Å². The van der Waals surface area contributed by atoms with Gasteiger partial charge in [0.1, 0.15) is 28.8 Å². The molecule has 11 nitrogen and oxygen atoms in total. The molecule has 0 radical (unpaired) electrons. The van der Waals surface area contributed by atoms with Gasteiger partial charge in [-0.15, -0.1) is 0 Å². The summed E-state index contributed by atoms with van der Waals surface area (Å²) in [7, 11) is 0. The number of nitrogens with zero attached hydrogens (tertiary/aromatic N) is 1. The SMILES string of the molecule is Cc1cc(F)c(COc2nsc(NC(=O)NCC(O)CC(O)CC(=O)NC(C)C)c2C(N)=O)c(F)c1. The molecule has 1 heterocycles. The zero-order valence-corrected chi connectivity index (χ0v) is 20.7. The fourth-order valence-corrected chi connectivity index (χ4v) is 3.85. The molecule has 198 valence electrons. The first-order valence-electron chi connectivity index (χ1n) is 10.9.